The van der Waals surface area contributed by atoms with Crippen molar-refractivity contribution in [2.45, 2.75) is 25.7 Å². The predicted molar refractivity (Wildman–Crippen MR) is 103 cm³/mol. The summed E-state index contributed by atoms with van der Waals surface area (Å²) in [5.74, 6) is 1.06. The van der Waals surface area contributed by atoms with Crippen molar-refractivity contribution in [2.75, 3.05) is 38.1 Å². The third kappa shape index (κ3) is 3.33. The van der Waals surface area contributed by atoms with Crippen LogP contribution in [0.2, 0.25) is 5.02 Å². The molecule has 136 valence electrons. The van der Waals surface area contributed by atoms with E-state index in [4.69, 9.17) is 16.6 Å². The Balaban J connectivity index is 1.65. The van der Waals surface area contributed by atoms with Crippen LogP contribution in [0.25, 0.3) is 0 Å². The molecular formula is C20H23ClN4O. The van der Waals surface area contributed by atoms with Gasteiger partial charge in [-0.1, -0.05) is 23.7 Å². The van der Waals surface area contributed by atoms with Crippen LogP contribution in [0.4, 0.5) is 5.95 Å². The lowest BCUT2D eigenvalue weighted by molar-refractivity contribution is 0.0962. The van der Waals surface area contributed by atoms with E-state index in [1.807, 2.05) is 31.2 Å². The topological polar surface area (TPSA) is 49.3 Å². The standard InChI is InChI=1S/C20H23ClN4O/c1-13-19-17(23-20(22-13)25-9-7-24(2)8-10-25)11-15(12-18(19)26)14-3-5-16(21)6-4-14/h3-6,15H,7-12H2,1-2H3/t15-/m1/s1. The SMILES string of the molecule is Cc1nc(N2CCN(C)CC2)nc2c1C(=O)C[C@H](c1ccc(Cl)cc1)C2. The monoisotopic (exact) mass is 370 g/mol. The Morgan fingerprint density at radius 2 is 1.73 bits per heavy atom. The van der Waals surface area contributed by atoms with Crippen LogP contribution in [0.5, 0.6) is 0 Å². The number of nitrogens with zero attached hydrogens (tertiary/aromatic N) is 4. The summed E-state index contributed by atoms with van der Waals surface area (Å²) < 4.78 is 0. The van der Waals surface area contributed by atoms with Gasteiger partial charge in [-0.05, 0) is 44.0 Å². The number of carbonyl (C=O) groups is 1. The molecule has 0 N–H and O–H groups in total. The number of benzene rings is 1. The molecule has 1 fully saturated rings. The highest BCUT2D eigenvalue weighted by Gasteiger charge is 2.30. The van der Waals surface area contributed by atoms with E-state index in [-0.39, 0.29) is 11.7 Å². The van der Waals surface area contributed by atoms with Crippen LogP contribution in [0.1, 0.15) is 39.6 Å². The van der Waals surface area contributed by atoms with Gasteiger partial charge in [-0.3, -0.25) is 4.79 Å². The summed E-state index contributed by atoms with van der Waals surface area (Å²) >= 11 is 6.00. The number of hydrogen-bond acceptors (Lipinski definition) is 5. The number of aryl methyl sites for hydroxylation is 1. The molecule has 0 unspecified atom stereocenters. The van der Waals surface area contributed by atoms with Crippen LogP contribution >= 0.6 is 11.6 Å². The largest absolute Gasteiger partial charge is 0.338 e. The van der Waals surface area contributed by atoms with E-state index in [0.29, 0.717) is 11.4 Å². The zero-order chi connectivity index (χ0) is 18.3. The lowest BCUT2D eigenvalue weighted by Crippen LogP contribution is -2.45. The van der Waals surface area contributed by atoms with E-state index in [1.54, 1.807) is 0 Å². The van der Waals surface area contributed by atoms with Gasteiger partial charge in [0.2, 0.25) is 5.95 Å². The molecule has 2 heterocycles. The number of anilines is 1. The maximum absolute atomic E-state index is 12.8. The van der Waals surface area contributed by atoms with E-state index >= 15 is 0 Å². The van der Waals surface area contributed by atoms with Gasteiger partial charge in [-0.15, -0.1) is 0 Å². The van der Waals surface area contributed by atoms with Crippen LogP contribution in [0.3, 0.4) is 0 Å². The molecule has 1 aromatic carbocycles. The summed E-state index contributed by atoms with van der Waals surface area (Å²) in [7, 11) is 2.13. The molecule has 1 aromatic heterocycles. The van der Waals surface area contributed by atoms with Gasteiger partial charge in [0, 0.05) is 37.6 Å². The average molecular weight is 371 g/mol. The number of hydrogen-bond donors (Lipinski definition) is 0. The Morgan fingerprint density at radius 1 is 1.04 bits per heavy atom. The quantitative estimate of drug-likeness (QED) is 0.813. The number of likely N-dealkylation sites (N-methyl/N-ethyl adjacent to an activating group) is 1. The number of ketones is 1. The summed E-state index contributed by atoms with van der Waals surface area (Å²) in [5.41, 5.74) is 3.57. The molecule has 0 spiro atoms. The summed E-state index contributed by atoms with van der Waals surface area (Å²) in [4.78, 5) is 26.8. The van der Waals surface area contributed by atoms with Gasteiger partial charge in [0.25, 0.3) is 0 Å². The van der Waals surface area contributed by atoms with Gasteiger partial charge in [0.15, 0.2) is 5.78 Å². The smallest absolute Gasteiger partial charge is 0.225 e. The van der Waals surface area contributed by atoms with Crippen LogP contribution in [0.15, 0.2) is 24.3 Å². The first-order chi connectivity index (χ1) is 12.5. The van der Waals surface area contributed by atoms with Crippen molar-refractivity contribution < 1.29 is 4.79 Å². The first kappa shape index (κ1) is 17.4. The van der Waals surface area contributed by atoms with E-state index < -0.39 is 0 Å². The number of Topliss-reactive ketones (excluding diaryl/α,β-unsaturated/α-hetero) is 1. The highest BCUT2D eigenvalue weighted by atomic mass is 35.5. The average Bonchev–Trinajstić information content (AvgIpc) is 2.62. The number of halogens is 1. The van der Waals surface area contributed by atoms with E-state index in [0.717, 1.165) is 61.1 Å². The second-order valence-electron chi connectivity index (χ2n) is 7.30. The second-order valence-corrected chi connectivity index (χ2v) is 7.74. The van der Waals surface area contributed by atoms with Crippen LogP contribution in [-0.2, 0) is 6.42 Å². The summed E-state index contributed by atoms with van der Waals surface area (Å²) in [6.07, 6.45) is 1.28. The number of piperazine rings is 1. The molecule has 1 aliphatic heterocycles. The highest BCUT2D eigenvalue weighted by molar-refractivity contribution is 6.30. The third-order valence-corrected chi connectivity index (χ3v) is 5.68. The zero-order valence-corrected chi connectivity index (χ0v) is 16.0. The first-order valence-corrected chi connectivity index (χ1v) is 9.48. The van der Waals surface area contributed by atoms with Crippen molar-refractivity contribution in [1.29, 1.82) is 0 Å². The summed E-state index contributed by atoms with van der Waals surface area (Å²) in [6, 6.07) is 7.80. The molecule has 26 heavy (non-hydrogen) atoms. The van der Waals surface area contributed by atoms with Crippen LogP contribution in [0, 0.1) is 6.92 Å². The fourth-order valence-electron chi connectivity index (χ4n) is 3.88. The lowest BCUT2D eigenvalue weighted by atomic mass is 9.81. The second kappa shape index (κ2) is 6.97. The molecule has 4 rings (SSSR count). The van der Waals surface area contributed by atoms with Crippen molar-refractivity contribution >= 4 is 23.3 Å². The van der Waals surface area contributed by atoms with Gasteiger partial charge in [-0.2, -0.15) is 0 Å². The summed E-state index contributed by atoms with van der Waals surface area (Å²) in [6.45, 7) is 5.78. The number of aromatic nitrogens is 2. The molecule has 1 saturated heterocycles. The van der Waals surface area contributed by atoms with Crippen molar-refractivity contribution in [1.82, 2.24) is 14.9 Å². The molecule has 0 saturated carbocycles. The molecule has 5 nitrogen and oxygen atoms in total. The maximum atomic E-state index is 12.8. The number of fused-ring (bicyclic) bond motifs is 1. The van der Waals surface area contributed by atoms with Gasteiger partial charge in [-0.25, -0.2) is 9.97 Å². The minimum Gasteiger partial charge on any atom is -0.338 e. The Labute approximate surface area is 159 Å². The lowest BCUT2D eigenvalue weighted by Gasteiger charge is -2.33. The first-order valence-electron chi connectivity index (χ1n) is 9.11. The number of carbonyl (C=O) groups excluding carboxylic acids is 1. The highest BCUT2D eigenvalue weighted by Crippen LogP contribution is 2.34. The fraction of sp³-hybridized carbons (Fsp3) is 0.450. The predicted octanol–water partition coefficient (Wildman–Crippen LogP) is 3.10. The van der Waals surface area contributed by atoms with E-state index in [1.165, 1.54) is 0 Å². The zero-order valence-electron chi connectivity index (χ0n) is 15.2. The van der Waals surface area contributed by atoms with Crippen molar-refractivity contribution in [3.05, 3.63) is 51.8 Å². The molecule has 0 amide bonds. The van der Waals surface area contributed by atoms with Gasteiger partial charge < -0.3 is 9.80 Å². The van der Waals surface area contributed by atoms with E-state index in [9.17, 15) is 4.79 Å². The van der Waals surface area contributed by atoms with Gasteiger partial charge in [0.1, 0.15) is 0 Å². The third-order valence-electron chi connectivity index (χ3n) is 5.43. The van der Waals surface area contributed by atoms with Crippen molar-refractivity contribution in [2.24, 2.45) is 0 Å². The Bertz CT molecular complexity index is 828. The molecule has 1 atom stereocenters. The van der Waals surface area contributed by atoms with E-state index in [2.05, 4.69) is 21.8 Å². The molecule has 0 radical (unpaired) electrons. The Hall–Kier alpha value is -1.98. The Morgan fingerprint density at radius 3 is 2.42 bits per heavy atom. The van der Waals surface area contributed by atoms with Gasteiger partial charge >= 0.3 is 0 Å². The normalized spacial score (nSPS) is 21.0. The van der Waals surface area contributed by atoms with Gasteiger partial charge in [0.05, 0.1) is 17.0 Å². The molecule has 2 aliphatic rings. The molecular weight excluding hydrogens is 348 g/mol. The summed E-state index contributed by atoms with van der Waals surface area (Å²) in [5, 5.41) is 0.715. The molecule has 0 bridgehead atoms. The fourth-order valence-corrected chi connectivity index (χ4v) is 4.00. The molecule has 6 heteroatoms. The minimum absolute atomic E-state index is 0.147. The minimum atomic E-state index is 0.147. The van der Waals surface area contributed by atoms with Crippen molar-refractivity contribution in [3.63, 3.8) is 0 Å². The maximum Gasteiger partial charge on any atom is 0.225 e. The molecule has 1 aliphatic carbocycles. The Kier molecular flexibility index (Phi) is 4.67. The van der Waals surface area contributed by atoms with Crippen LogP contribution in [-0.4, -0.2) is 53.9 Å². The van der Waals surface area contributed by atoms with Crippen LogP contribution < -0.4 is 4.90 Å². The van der Waals surface area contributed by atoms with Crippen molar-refractivity contribution in [3.8, 4) is 0 Å². The molecule has 2 aromatic rings. The number of rotatable bonds is 2.